The summed E-state index contributed by atoms with van der Waals surface area (Å²) in [4.78, 5) is 27.1. The normalized spacial score (nSPS) is 18.7. The van der Waals surface area contributed by atoms with Gasteiger partial charge in [-0.25, -0.2) is 18.7 Å². The molecule has 0 aliphatic carbocycles. The molecule has 0 bridgehead atoms. The van der Waals surface area contributed by atoms with Crippen molar-refractivity contribution in [1.29, 1.82) is 0 Å². The van der Waals surface area contributed by atoms with E-state index < -0.39 is 24.0 Å². The van der Waals surface area contributed by atoms with Crippen LogP contribution in [-0.2, 0) is 20.8 Å². The zero-order valence-corrected chi connectivity index (χ0v) is 17.5. The lowest BCUT2D eigenvalue weighted by Crippen LogP contribution is -2.32. The summed E-state index contributed by atoms with van der Waals surface area (Å²) in [5, 5.41) is 6.86. The first-order chi connectivity index (χ1) is 15.4. The van der Waals surface area contributed by atoms with Crippen molar-refractivity contribution in [2.45, 2.75) is 32.4 Å². The summed E-state index contributed by atoms with van der Waals surface area (Å²) < 4.78 is 39.3. The Labute approximate surface area is 183 Å². The van der Waals surface area contributed by atoms with Gasteiger partial charge in [-0.2, -0.15) is 4.39 Å². The van der Waals surface area contributed by atoms with Crippen LogP contribution in [-0.4, -0.2) is 59.4 Å². The van der Waals surface area contributed by atoms with Gasteiger partial charge in [0, 0.05) is 19.2 Å². The fourth-order valence-electron chi connectivity index (χ4n) is 3.85. The van der Waals surface area contributed by atoms with Gasteiger partial charge in [-0.05, 0) is 38.0 Å². The summed E-state index contributed by atoms with van der Waals surface area (Å²) in [7, 11) is 0. The SMILES string of the molecule is CCOC(=O)C=C1CCN(c2ccc(N3C[C@H](Cn4cc(F)nn4)OC3=O)cc2F)CC1. The van der Waals surface area contributed by atoms with Crippen LogP contribution in [0.15, 0.2) is 36.0 Å². The maximum atomic E-state index is 14.9. The smallest absolute Gasteiger partial charge is 0.414 e. The van der Waals surface area contributed by atoms with E-state index in [4.69, 9.17) is 9.47 Å². The Morgan fingerprint density at radius 1 is 1.31 bits per heavy atom. The molecule has 0 N–H and O–H groups in total. The lowest BCUT2D eigenvalue weighted by Gasteiger charge is -2.31. The summed E-state index contributed by atoms with van der Waals surface area (Å²) in [5.41, 5.74) is 1.80. The number of rotatable bonds is 6. The molecule has 0 unspecified atom stereocenters. The van der Waals surface area contributed by atoms with Gasteiger partial charge in [0.1, 0.15) is 11.9 Å². The minimum atomic E-state index is -0.718. The molecule has 11 heteroatoms. The van der Waals surface area contributed by atoms with E-state index in [1.807, 2.05) is 4.90 Å². The van der Waals surface area contributed by atoms with Crippen molar-refractivity contribution in [3.8, 4) is 0 Å². The second-order valence-electron chi connectivity index (χ2n) is 7.56. The maximum Gasteiger partial charge on any atom is 0.414 e. The summed E-state index contributed by atoms with van der Waals surface area (Å²) >= 11 is 0. The monoisotopic (exact) mass is 447 g/mol. The van der Waals surface area contributed by atoms with Crippen LogP contribution in [0, 0.1) is 11.8 Å². The molecule has 1 atom stereocenters. The fraction of sp³-hybridized carbons (Fsp3) is 0.429. The van der Waals surface area contributed by atoms with Crippen LogP contribution in [0.1, 0.15) is 19.8 Å². The van der Waals surface area contributed by atoms with Gasteiger partial charge in [-0.3, -0.25) is 4.90 Å². The summed E-state index contributed by atoms with van der Waals surface area (Å²) in [6.45, 7) is 3.57. The molecule has 2 aromatic rings. The standard InChI is InChI=1S/C21H23F2N5O4/c1-2-31-20(29)9-14-5-7-26(8-6-14)18-4-3-15(10-17(18)22)28-12-16(32-21(28)30)11-27-13-19(23)24-25-27/h3-4,9-10,13,16H,2,5-8,11-12H2,1H3/t16-/m0/s1. The van der Waals surface area contributed by atoms with Crippen LogP contribution in [0.4, 0.5) is 25.0 Å². The number of carbonyl (C=O) groups is 2. The molecule has 1 amide bonds. The van der Waals surface area contributed by atoms with Gasteiger partial charge in [0.2, 0.25) is 0 Å². The van der Waals surface area contributed by atoms with Crippen molar-refractivity contribution >= 4 is 23.4 Å². The highest BCUT2D eigenvalue weighted by Gasteiger charge is 2.33. The molecule has 0 radical (unpaired) electrons. The summed E-state index contributed by atoms with van der Waals surface area (Å²) in [6, 6.07) is 4.61. The number of hydrogen-bond donors (Lipinski definition) is 0. The minimum absolute atomic E-state index is 0.148. The van der Waals surface area contributed by atoms with E-state index in [0.29, 0.717) is 43.9 Å². The van der Waals surface area contributed by atoms with E-state index >= 15 is 0 Å². The largest absolute Gasteiger partial charge is 0.463 e. The summed E-state index contributed by atoms with van der Waals surface area (Å²) in [5.74, 6) is -1.52. The number of hydrogen-bond acceptors (Lipinski definition) is 7. The molecule has 2 aliphatic heterocycles. The topological polar surface area (TPSA) is 89.8 Å². The Balaban J connectivity index is 1.38. The molecule has 3 heterocycles. The van der Waals surface area contributed by atoms with E-state index in [1.165, 1.54) is 21.7 Å². The van der Waals surface area contributed by atoms with Crippen LogP contribution in [0.2, 0.25) is 0 Å². The number of cyclic esters (lactones) is 1. The minimum Gasteiger partial charge on any atom is -0.463 e. The number of anilines is 2. The van der Waals surface area contributed by atoms with Gasteiger partial charge in [0.05, 0.1) is 37.3 Å². The zero-order valence-electron chi connectivity index (χ0n) is 17.5. The van der Waals surface area contributed by atoms with Crippen LogP contribution in [0.5, 0.6) is 0 Å². The molecular formula is C21H23F2N5O4. The molecule has 32 heavy (non-hydrogen) atoms. The van der Waals surface area contributed by atoms with Crippen LogP contribution in [0.3, 0.4) is 0 Å². The van der Waals surface area contributed by atoms with Crippen molar-refractivity contribution in [3.05, 3.63) is 47.8 Å². The van der Waals surface area contributed by atoms with Crippen molar-refractivity contribution in [3.63, 3.8) is 0 Å². The average Bonchev–Trinajstić information content (AvgIpc) is 3.33. The summed E-state index contributed by atoms with van der Waals surface area (Å²) in [6.07, 6.45) is 2.75. The predicted octanol–water partition coefficient (Wildman–Crippen LogP) is 2.67. The van der Waals surface area contributed by atoms with Gasteiger partial charge >= 0.3 is 12.1 Å². The van der Waals surface area contributed by atoms with E-state index in [-0.39, 0.29) is 19.1 Å². The number of amides is 1. The first-order valence-electron chi connectivity index (χ1n) is 10.4. The number of nitrogens with zero attached hydrogens (tertiary/aromatic N) is 5. The highest BCUT2D eigenvalue weighted by molar-refractivity contribution is 5.90. The average molecular weight is 447 g/mol. The Hall–Kier alpha value is -3.50. The van der Waals surface area contributed by atoms with E-state index in [2.05, 4.69) is 10.3 Å². The molecule has 0 spiro atoms. The number of benzene rings is 1. The second kappa shape index (κ2) is 9.33. The Morgan fingerprint density at radius 2 is 2.09 bits per heavy atom. The predicted molar refractivity (Wildman–Crippen MR) is 110 cm³/mol. The molecule has 2 saturated heterocycles. The number of halogens is 2. The molecular weight excluding hydrogens is 424 g/mol. The van der Waals surface area contributed by atoms with E-state index in [9.17, 15) is 18.4 Å². The van der Waals surface area contributed by atoms with Crippen molar-refractivity contribution < 1.29 is 27.8 Å². The Bertz CT molecular complexity index is 1030. The third-order valence-corrected chi connectivity index (χ3v) is 5.37. The Morgan fingerprint density at radius 3 is 2.75 bits per heavy atom. The lowest BCUT2D eigenvalue weighted by molar-refractivity contribution is -0.137. The number of aromatic nitrogens is 3. The highest BCUT2D eigenvalue weighted by atomic mass is 19.1. The fourth-order valence-corrected chi connectivity index (χ4v) is 3.85. The third kappa shape index (κ3) is 4.87. The molecule has 1 aromatic heterocycles. The van der Waals surface area contributed by atoms with Crippen LogP contribution < -0.4 is 9.80 Å². The van der Waals surface area contributed by atoms with Gasteiger partial charge in [-0.15, -0.1) is 0 Å². The molecule has 2 aliphatic rings. The highest BCUT2D eigenvalue weighted by Crippen LogP contribution is 2.30. The molecule has 9 nitrogen and oxygen atoms in total. The molecule has 4 rings (SSSR count). The molecule has 0 saturated carbocycles. The Kier molecular flexibility index (Phi) is 6.33. The van der Waals surface area contributed by atoms with Gasteiger partial charge in [0.15, 0.2) is 0 Å². The molecule has 2 fully saturated rings. The van der Waals surface area contributed by atoms with Gasteiger partial charge in [-0.1, -0.05) is 15.9 Å². The van der Waals surface area contributed by atoms with E-state index in [0.717, 1.165) is 11.8 Å². The first kappa shape index (κ1) is 21.7. The van der Waals surface area contributed by atoms with Crippen LogP contribution >= 0.6 is 0 Å². The quantitative estimate of drug-likeness (QED) is 0.497. The zero-order chi connectivity index (χ0) is 22.7. The number of ether oxygens (including phenoxy) is 2. The third-order valence-electron chi connectivity index (χ3n) is 5.37. The van der Waals surface area contributed by atoms with Crippen molar-refractivity contribution in [2.24, 2.45) is 0 Å². The van der Waals surface area contributed by atoms with E-state index in [1.54, 1.807) is 19.1 Å². The first-order valence-corrected chi connectivity index (χ1v) is 10.4. The second-order valence-corrected chi connectivity index (χ2v) is 7.56. The lowest BCUT2D eigenvalue weighted by atomic mass is 10.0. The molecule has 170 valence electrons. The van der Waals surface area contributed by atoms with Crippen molar-refractivity contribution in [1.82, 2.24) is 15.0 Å². The maximum absolute atomic E-state index is 14.9. The van der Waals surface area contributed by atoms with Gasteiger partial charge < -0.3 is 14.4 Å². The number of carbonyl (C=O) groups excluding carboxylic acids is 2. The van der Waals surface area contributed by atoms with Gasteiger partial charge in [0.25, 0.3) is 5.95 Å². The van der Waals surface area contributed by atoms with Crippen molar-refractivity contribution in [2.75, 3.05) is 36.0 Å². The van der Waals surface area contributed by atoms with Crippen LogP contribution in [0.25, 0.3) is 0 Å². The number of esters is 1. The number of piperidine rings is 1. The molecule has 1 aromatic carbocycles.